The SMILES string of the molecule is CCC(=O)NC(CCSC)C(=O)N(C)CC(=O)O. The summed E-state index contributed by atoms with van der Waals surface area (Å²) in [6, 6.07) is -0.644. The molecule has 18 heavy (non-hydrogen) atoms. The number of carbonyl (C=O) groups is 3. The van der Waals surface area contributed by atoms with E-state index < -0.39 is 12.0 Å². The summed E-state index contributed by atoms with van der Waals surface area (Å²) < 4.78 is 0. The molecule has 7 heteroatoms. The number of aliphatic carboxylic acids is 1. The number of carboxylic acid groups (broad SMARTS) is 1. The Labute approximate surface area is 111 Å². The maximum atomic E-state index is 12.0. The van der Waals surface area contributed by atoms with Gasteiger partial charge in [0, 0.05) is 13.5 Å². The number of nitrogens with one attached hydrogen (secondary N) is 1. The molecule has 6 nitrogen and oxygen atoms in total. The molecule has 0 radical (unpaired) electrons. The van der Waals surface area contributed by atoms with E-state index in [1.807, 2.05) is 6.26 Å². The molecule has 0 spiro atoms. The predicted molar refractivity (Wildman–Crippen MR) is 70.5 cm³/mol. The van der Waals surface area contributed by atoms with Crippen LogP contribution in [-0.4, -0.2) is 59.4 Å². The zero-order valence-electron chi connectivity index (χ0n) is 10.9. The van der Waals surface area contributed by atoms with Crippen molar-refractivity contribution in [3.05, 3.63) is 0 Å². The van der Waals surface area contributed by atoms with E-state index in [1.54, 1.807) is 18.7 Å². The van der Waals surface area contributed by atoms with Gasteiger partial charge in [-0.1, -0.05) is 6.92 Å². The summed E-state index contributed by atoms with van der Waals surface area (Å²) in [5.41, 5.74) is 0. The summed E-state index contributed by atoms with van der Waals surface area (Å²) in [7, 11) is 1.42. The molecule has 1 atom stereocenters. The van der Waals surface area contributed by atoms with Crippen LogP contribution in [0.4, 0.5) is 0 Å². The molecule has 0 rings (SSSR count). The van der Waals surface area contributed by atoms with Crippen LogP contribution in [0.2, 0.25) is 0 Å². The molecule has 0 aliphatic carbocycles. The Morgan fingerprint density at radius 1 is 1.39 bits per heavy atom. The van der Waals surface area contributed by atoms with Crippen LogP contribution < -0.4 is 5.32 Å². The lowest BCUT2D eigenvalue weighted by molar-refractivity contribution is -0.144. The number of carbonyl (C=O) groups excluding carboxylic acids is 2. The summed E-state index contributed by atoms with van der Waals surface area (Å²) in [5, 5.41) is 11.3. The Kier molecular flexibility index (Phi) is 8.19. The number of rotatable bonds is 8. The monoisotopic (exact) mass is 276 g/mol. The van der Waals surface area contributed by atoms with Crippen molar-refractivity contribution < 1.29 is 19.5 Å². The molecule has 104 valence electrons. The first-order valence-electron chi connectivity index (χ1n) is 5.67. The molecule has 0 aromatic heterocycles. The normalized spacial score (nSPS) is 11.7. The van der Waals surface area contributed by atoms with Crippen molar-refractivity contribution in [2.45, 2.75) is 25.8 Å². The van der Waals surface area contributed by atoms with Crippen molar-refractivity contribution in [2.75, 3.05) is 25.6 Å². The molecular weight excluding hydrogens is 256 g/mol. The minimum Gasteiger partial charge on any atom is -0.480 e. The molecule has 2 amide bonds. The standard InChI is InChI=1S/C11H20N2O4S/c1-4-9(14)12-8(5-6-18-3)11(17)13(2)7-10(15)16/h8H,4-7H2,1-3H3,(H,12,14)(H,15,16). The van der Waals surface area contributed by atoms with Crippen LogP contribution in [0.3, 0.4) is 0 Å². The molecule has 0 saturated heterocycles. The lowest BCUT2D eigenvalue weighted by Crippen LogP contribution is -2.48. The number of nitrogens with zero attached hydrogens (tertiary/aromatic N) is 1. The van der Waals surface area contributed by atoms with Gasteiger partial charge in [0.2, 0.25) is 11.8 Å². The fourth-order valence-electron chi connectivity index (χ4n) is 1.34. The highest BCUT2D eigenvalue weighted by atomic mass is 32.2. The lowest BCUT2D eigenvalue weighted by Gasteiger charge is -2.23. The van der Waals surface area contributed by atoms with Gasteiger partial charge >= 0.3 is 5.97 Å². The van der Waals surface area contributed by atoms with Gasteiger partial charge in [-0.05, 0) is 18.4 Å². The van der Waals surface area contributed by atoms with Crippen molar-refractivity contribution in [1.82, 2.24) is 10.2 Å². The number of hydrogen-bond acceptors (Lipinski definition) is 4. The Balaban J connectivity index is 4.56. The van der Waals surface area contributed by atoms with Crippen LogP contribution in [0.1, 0.15) is 19.8 Å². The van der Waals surface area contributed by atoms with Gasteiger partial charge in [-0.15, -0.1) is 0 Å². The molecule has 2 N–H and O–H groups in total. The molecule has 0 aliphatic heterocycles. The zero-order chi connectivity index (χ0) is 14.1. The smallest absolute Gasteiger partial charge is 0.323 e. The Bertz CT molecular complexity index is 309. The van der Waals surface area contributed by atoms with E-state index in [0.717, 1.165) is 10.7 Å². The lowest BCUT2D eigenvalue weighted by atomic mass is 10.2. The molecule has 0 bridgehead atoms. The van der Waals surface area contributed by atoms with E-state index in [4.69, 9.17) is 5.11 Å². The highest BCUT2D eigenvalue weighted by Crippen LogP contribution is 2.04. The fraction of sp³-hybridized carbons (Fsp3) is 0.727. The van der Waals surface area contributed by atoms with E-state index in [9.17, 15) is 14.4 Å². The third-order valence-electron chi connectivity index (χ3n) is 2.31. The Morgan fingerprint density at radius 3 is 2.44 bits per heavy atom. The van der Waals surface area contributed by atoms with E-state index in [1.165, 1.54) is 7.05 Å². The predicted octanol–water partition coefficient (Wildman–Crippen LogP) is 0.177. The molecule has 0 heterocycles. The van der Waals surface area contributed by atoms with Crippen molar-refractivity contribution in [3.8, 4) is 0 Å². The molecule has 1 unspecified atom stereocenters. The van der Waals surface area contributed by atoms with Gasteiger partial charge in [0.25, 0.3) is 0 Å². The summed E-state index contributed by atoms with van der Waals surface area (Å²) >= 11 is 1.57. The van der Waals surface area contributed by atoms with Gasteiger partial charge in [0.1, 0.15) is 12.6 Å². The second-order valence-electron chi connectivity index (χ2n) is 3.84. The Hall–Kier alpha value is -1.24. The first-order valence-corrected chi connectivity index (χ1v) is 7.06. The van der Waals surface area contributed by atoms with Crippen LogP contribution in [0.5, 0.6) is 0 Å². The summed E-state index contributed by atoms with van der Waals surface area (Å²) in [4.78, 5) is 35.0. The van der Waals surface area contributed by atoms with Gasteiger partial charge in [0.15, 0.2) is 0 Å². The van der Waals surface area contributed by atoms with E-state index >= 15 is 0 Å². The highest BCUT2D eigenvalue weighted by Gasteiger charge is 2.24. The average Bonchev–Trinajstić information content (AvgIpc) is 2.32. The first kappa shape index (κ1) is 16.8. The summed E-state index contributed by atoms with van der Waals surface area (Å²) in [6.07, 6.45) is 2.70. The highest BCUT2D eigenvalue weighted by molar-refractivity contribution is 7.98. The Morgan fingerprint density at radius 2 is 2.00 bits per heavy atom. The van der Waals surface area contributed by atoms with Crippen molar-refractivity contribution in [1.29, 1.82) is 0 Å². The molecule has 0 aromatic rings. The van der Waals surface area contributed by atoms with Crippen LogP contribution in [0.25, 0.3) is 0 Å². The summed E-state index contributed by atoms with van der Waals surface area (Å²) in [5.74, 6) is -0.927. The molecule has 0 aliphatic rings. The number of thioether (sulfide) groups is 1. The zero-order valence-corrected chi connectivity index (χ0v) is 11.7. The number of likely N-dealkylation sites (N-methyl/N-ethyl adjacent to an activating group) is 1. The van der Waals surface area contributed by atoms with Crippen molar-refractivity contribution in [3.63, 3.8) is 0 Å². The van der Waals surface area contributed by atoms with Crippen LogP contribution in [-0.2, 0) is 14.4 Å². The second kappa shape index (κ2) is 8.79. The topological polar surface area (TPSA) is 86.7 Å². The van der Waals surface area contributed by atoms with Crippen molar-refractivity contribution >= 4 is 29.5 Å². The van der Waals surface area contributed by atoms with E-state index in [0.29, 0.717) is 12.8 Å². The molecule has 0 aromatic carbocycles. The average molecular weight is 276 g/mol. The number of amides is 2. The third kappa shape index (κ3) is 6.48. The van der Waals surface area contributed by atoms with Gasteiger partial charge < -0.3 is 15.3 Å². The maximum absolute atomic E-state index is 12.0. The van der Waals surface area contributed by atoms with Crippen LogP contribution in [0.15, 0.2) is 0 Å². The largest absolute Gasteiger partial charge is 0.480 e. The van der Waals surface area contributed by atoms with Gasteiger partial charge in [-0.3, -0.25) is 14.4 Å². The second-order valence-corrected chi connectivity index (χ2v) is 4.83. The summed E-state index contributed by atoms with van der Waals surface area (Å²) in [6.45, 7) is 1.34. The van der Waals surface area contributed by atoms with Gasteiger partial charge in [-0.25, -0.2) is 0 Å². The number of carboxylic acids is 1. The van der Waals surface area contributed by atoms with E-state index in [-0.39, 0.29) is 18.4 Å². The molecule has 0 fully saturated rings. The third-order valence-corrected chi connectivity index (χ3v) is 2.96. The minimum atomic E-state index is -1.07. The maximum Gasteiger partial charge on any atom is 0.323 e. The minimum absolute atomic E-state index is 0.210. The quantitative estimate of drug-likeness (QED) is 0.660. The molecular formula is C11H20N2O4S. The fourth-order valence-corrected chi connectivity index (χ4v) is 1.81. The van der Waals surface area contributed by atoms with Crippen LogP contribution >= 0.6 is 11.8 Å². The van der Waals surface area contributed by atoms with Gasteiger partial charge in [0.05, 0.1) is 0 Å². The van der Waals surface area contributed by atoms with Gasteiger partial charge in [-0.2, -0.15) is 11.8 Å². The van der Waals surface area contributed by atoms with E-state index in [2.05, 4.69) is 5.32 Å². The van der Waals surface area contributed by atoms with Crippen molar-refractivity contribution in [2.24, 2.45) is 0 Å². The number of hydrogen-bond donors (Lipinski definition) is 2. The van der Waals surface area contributed by atoms with Crippen LogP contribution in [0, 0.1) is 0 Å². The molecule has 0 saturated carbocycles. The first-order chi connectivity index (χ1) is 8.42.